The van der Waals surface area contributed by atoms with E-state index < -0.39 is 0 Å². The Morgan fingerprint density at radius 2 is 1.81 bits per heavy atom. The van der Waals surface area contributed by atoms with E-state index in [1.54, 1.807) is 17.0 Å². The van der Waals surface area contributed by atoms with Crippen LogP contribution in [0.5, 0.6) is 0 Å². The fourth-order valence-electron chi connectivity index (χ4n) is 4.99. The molecule has 0 spiro atoms. The van der Waals surface area contributed by atoms with Crippen molar-refractivity contribution >= 4 is 44.0 Å². The van der Waals surface area contributed by atoms with Crippen LogP contribution in [0.25, 0.3) is 10.2 Å². The highest BCUT2D eigenvalue weighted by atomic mass is 32.1. The zero-order chi connectivity index (χ0) is 25.9. The van der Waals surface area contributed by atoms with Crippen LogP contribution >= 0.6 is 11.3 Å². The topological polar surface area (TPSA) is 92.1 Å². The minimum atomic E-state index is -0.373. The Labute approximate surface area is 220 Å². The maximum Gasteiger partial charge on any atom is 0.293 e. The van der Waals surface area contributed by atoms with Crippen LogP contribution in [0.15, 0.2) is 30.3 Å². The first-order valence-electron chi connectivity index (χ1n) is 12.9. The number of rotatable bonds is 7. The highest BCUT2D eigenvalue weighted by Crippen LogP contribution is 2.34. The first-order valence-corrected chi connectivity index (χ1v) is 13.8. The van der Waals surface area contributed by atoms with Crippen molar-refractivity contribution in [2.45, 2.75) is 33.1 Å². The fraction of sp³-hybridized carbons (Fsp3) is 0.481. The number of fused-ring (bicyclic) bond motifs is 1. The number of carbonyl (C=O) groups is 1. The van der Waals surface area contributed by atoms with E-state index in [0.717, 1.165) is 61.2 Å². The molecule has 0 unspecified atom stereocenters. The Hall–Kier alpha value is -3.08. The molecule has 0 bridgehead atoms. The lowest BCUT2D eigenvalue weighted by Crippen LogP contribution is -2.43. The van der Waals surface area contributed by atoms with Gasteiger partial charge >= 0.3 is 0 Å². The van der Waals surface area contributed by atoms with E-state index in [2.05, 4.69) is 29.7 Å². The van der Waals surface area contributed by atoms with Gasteiger partial charge in [0, 0.05) is 50.9 Å². The van der Waals surface area contributed by atoms with E-state index in [0.29, 0.717) is 42.7 Å². The number of hydrogen-bond acceptors (Lipinski definition) is 8. The summed E-state index contributed by atoms with van der Waals surface area (Å²) in [5.74, 6) is -0.269. The molecule has 2 saturated heterocycles. The van der Waals surface area contributed by atoms with Crippen molar-refractivity contribution in [3.8, 4) is 0 Å². The van der Waals surface area contributed by atoms with Gasteiger partial charge in [0.25, 0.3) is 11.6 Å². The molecule has 0 saturated carbocycles. The van der Waals surface area contributed by atoms with Gasteiger partial charge < -0.3 is 9.64 Å². The summed E-state index contributed by atoms with van der Waals surface area (Å²) in [4.78, 5) is 36.4. The third kappa shape index (κ3) is 5.61. The molecule has 2 fully saturated rings. The van der Waals surface area contributed by atoms with E-state index in [-0.39, 0.29) is 16.5 Å². The standard InChI is InChI=1S/C27H33N5O4S/c1-19-16-22-25(17-20(19)2)37-27(28-22)31(11-10-29-12-14-36-15-13-29)26(33)21-6-7-23(24(18-21)32(34)35)30-8-4-3-5-9-30/h6-7,16-18H,3-5,8-15H2,1-2H3. The molecule has 9 nitrogen and oxygen atoms in total. The summed E-state index contributed by atoms with van der Waals surface area (Å²) in [5.41, 5.74) is 4.07. The zero-order valence-corrected chi connectivity index (χ0v) is 22.3. The van der Waals surface area contributed by atoms with E-state index in [4.69, 9.17) is 9.72 Å². The van der Waals surface area contributed by atoms with Gasteiger partial charge in [-0.05, 0) is 68.5 Å². The number of nitrogens with zero attached hydrogens (tertiary/aromatic N) is 5. The Kier molecular flexibility index (Phi) is 7.68. The lowest BCUT2D eigenvalue weighted by molar-refractivity contribution is -0.384. The first kappa shape index (κ1) is 25.6. The van der Waals surface area contributed by atoms with Crippen molar-refractivity contribution in [2.24, 2.45) is 0 Å². The maximum atomic E-state index is 13.9. The fourth-order valence-corrected chi connectivity index (χ4v) is 6.06. The second-order valence-corrected chi connectivity index (χ2v) is 10.8. The van der Waals surface area contributed by atoms with E-state index >= 15 is 0 Å². The summed E-state index contributed by atoms with van der Waals surface area (Å²) in [6.07, 6.45) is 3.17. The molecule has 0 aliphatic carbocycles. The summed E-state index contributed by atoms with van der Waals surface area (Å²) in [6, 6.07) is 9.06. The molecule has 2 aliphatic heterocycles. The zero-order valence-electron chi connectivity index (χ0n) is 21.4. The summed E-state index contributed by atoms with van der Waals surface area (Å²) >= 11 is 1.48. The Balaban J connectivity index is 1.48. The van der Waals surface area contributed by atoms with Crippen LogP contribution in [0.1, 0.15) is 40.7 Å². The number of morpholine rings is 1. The van der Waals surface area contributed by atoms with Gasteiger partial charge in [-0.2, -0.15) is 0 Å². The van der Waals surface area contributed by atoms with Crippen LogP contribution in [0, 0.1) is 24.0 Å². The van der Waals surface area contributed by atoms with Crippen LogP contribution in [0.4, 0.5) is 16.5 Å². The molecule has 0 N–H and O–H groups in total. The highest BCUT2D eigenvalue weighted by molar-refractivity contribution is 7.22. The van der Waals surface area contributed by atoms with Crippen LogP contribution in [-0.4, -0.2) is 73.2 Å². The number of nitro benzene ring substituents is 1. The number of anilines is 2. The number of benzene rings is 2. The van der Waals surface area contributed by atoms with Crippen LogP contribution in [-0.2, 0) is 4.74 Å². The normalized spacial score (nSPS) is 16.8. The molecule has 10 heteroatoms. The predicted octanol–water partition coefficient (Wildman–Crippen LogP) is 4.79. The molecule has 2 aromatic carbocycles. The number of thiazole rings is 1. The number of aryl methyl sites for hydroxylation is 2. The number of ether oxygens (including phenoxy) is 1. The van der Waals surface area contributed by atoms with Crippen LogP contribution in [0.2, 0.25) is 0 Å². The third-order valence-electron chi connectivity index (χ3n) is 7.33. The first-order chi connectivity index (χ1) is 17.9. The van der Waals surface area contributed by atoms with Gasteiger partial charge in [0.15, 0.2) is 5.13 Å². The van der Waals surface area contributed by atoms with Gasteiger partial charge in [-0.25, -0.2) is 4.98 Å². The molecule has 3 heterocycles. The van der Waals surface area contributed by atoms with Crippen molar-refractivity contribution in [2.75, 3.05) is 62.3 Å². The Morgan fingerprint density at radius 3 is 2.54 bits per heavy atom. The lowest BCUT2D eigenvalue weighted by atomic mass is 10.1. The largest absolute Gasteiger partial charge is 0.379 e. The van der Waals surface area contributed by atoms with E-state index in [1.807, 2.05) is 6.07 Å². The minimum absolute atomic E-state index is 0.0172. The van der Waals surface area contributed by atoms with Crippen molar-refractivity contribution in [3.63, 3.8) is 0 Å². The summed E-state index contributed by atoms with van der Waals surface area (Å²) in [5, 5.41) is 12.6. The molecule has 196 valence electrons. The van der Waals surface area contributed by atoms with Gasteiger partial charge in [-0.15, -0.1) is 0 Å². The molecule has 5 rings (SSSR count). The highest BCUT2D eigenvalue weighted by Gasteiger charge is 2.27. The Bertz CT molecular complexity index is 1260. The van der Waals surface area contributed by atoms with Gasteiger partial charge in [0.05, 0.1) is 28.4 Å². The quantitative estimate of drug-likeness (QED) is 0.325. The summed E-state index contributed by atoms with van der Waals surface area (Å²) in [7, 11) is 0. The molecule has 0 radical (unpaired) electrons. The molecular formula is C27H33N5O4S. The SMILES string of the molecule is Cc1cc2nc(N(CCN3CCOCC3)C(=O)c3ccc(N4CCCCC4)c([N+](=O)[O-])c3)sc2cc1C. The van der Waals surface area contributed by atoms with Crippen LogP contribution < -0.4 is 9.80 Å². The molecule has 37 heavy (non-hydrogen) atoms. The van der Waals surface area contributed by atoms with Crippen molar-refractivity contribution in [1.29, 1.82) is 0 Å². The second-order valence-electron chi connectivity index (χ2n) is 9.82. The second kappa shape index (κ2) is 11.1. The maximum absolute atomic E-state index is 13.9. The molecule has 2 aliphatic rings. The molecule has 3 aromatic rings. The number of aromatic nitrogens is 1. The van der Waals surface area contributed by atoms with E-state index in [9.17, 15) is 14.9 Å². The monoisotopic (exact) mass is 523 g/mol. The number of piperidine rings is 1. The van der Waals surface area contributed by atoms with Gasteiger partial charge in [0.2, 0.25) is 0 Å². The van der Waals surface area contributed by atoms with Gasteiger partial charge in [-0.1, -0.05) is 11.3 Å². The van der Waals surface area contributed by atoms with Crippen molar-refractivity contribution in [3.05, 3.63) is 57.1 Å². The number of nitro groups is 1. The smallest absolute Gasteiger partial charge is 0.293 e. The Morgan fingerprint density at radius 1 is 1.08 bits per heavy atom. The lowest BCUT2D eigenvalue weighted by Gasteiger charge is -2.30. The molecule has 0 atom stereocenters. The third-order valence-corrected chi connectivity index (χ3v) is 8.37. The van der Waals surface area contributed by atoms with Crippen molar-refractivity contribution < 1.29 is 14.5 Å². The number of amides is 1. The number of carbonyl (C=O) groups excluding carboxylic acids is 1. The molecule has 1 amide bonds. The van der Waals surface area contributed by atoms with Crippen molar-refractivity contribution in [1.82, 2.24) is 9.88 Å². The van der Waals surface area contributed by atoms with Crippen LogP contribution in [0.3, 0.4) is 0 Å². The summed E-state index contributed by atoms with van der Waals surface area (Å²) in [6.45, 7) is 9.82. The average molecular weight is 524 g/mol. The minimum Gasteiger partial charge on any atom is -0.379 e. The van der Waals surface area contributed by atoms with E-state index in [1.165, 1.54) is 23.0 Å². The van der Waals surface area contributed by atoms with Gasteiger partial charge in [-0.3, -0.25) is 24.7 Å². The molecule has 1 aromatic heterocycles. The molecular weight excluding hydrogens is 490 g/mol. The average Bonchev–Trinajstić information content (AvgIpc) is 3.31. The number of hydrogen-bond donors (Lipinski definition) is 0. The van der Waals surface area contributed by atoms with Gasteiger partial charge in [0.1, 0.15) is 5.69 Å². The predicted molar refractivity (Wildman–Crippen MR) is 147 cm³/mol. The summed E-state index contributed by atoms with van der Waals surface area (Å²) < 4.78 is 6.49.